The maximum absolute atomic E-state index is 12.3. The highest BCUT2D eigenvalue weighted by molar-refractivity contribution is 7.88. The molecule has 26 heavy (non-hydrogen) atoms. The van der Waals surface area contributed by atoms with E-state index in [1.807, 2.05) is 43.3 Å². The quantitative estimate of drug-likeness (QED) is 0.806. The van der Waals surface area contributed by atoms with E-state index in [9.17, 15) is 8.42 Å². The van der Waals surface area contributed by atoms with E-state index in [1.54, 1.807) is 20.3 Å². The number of hydrogen-bond acceptors (Lipinski definition) is 5. The maximum Gasteiger partial charge on any atom is 0.247 e. The van der Waals surface area contributed by atoms with Gasteiger partial charge in [-0.1, -0.05) is 42.0 Å². The van der Waals surface area contributed by atoms with Crippen LogP contribution in [0, 0.1) is 6.92 Å². The van der Waals surface area contributed by atoms with Crippen LogP contribution in [-0.4, -0.2) is 39.0 Å². The van der Waals surface area contributed by atoms with Gasteiger partial charge < -0.3 is 9.47 Å². The first-order valence-corrected chi connectivity index (χ1v) is 10.0. The van der Waals surface area contributed by atoms with Gasteiger partial charge in [-0.3, -0.25) is 0 Å². The van der Waals surface area contributed by atoms with Crippen molar-refractivity contribution in [3.8, 4) is 11.5 Å². The molecule has 2 aromatic rings. The summed E-state index contributed by atoms with van der Waals surface area (Å²) in [4.78, 5) is 0. The van der Waals surface area contributed by atoms with Crippen LogP contribution in [0.2, 0.25) is 0 Å². The molecule has 2 aromatic carbocycles. The van der Waals surface area contributed by atoms with Crippen molar-refractivity contribution in [2.45, 2.75) is 19.4 Å². The van der Waals surface area contributed by atoms with Gasteiger partial charge in [0.05, 0.1) is 32.2 Å². The Morgan fingerprint density at radius 2 is 1.77 bits per heavy atom. The highest BCUT2D eigenvalue weighted by Gasteiger charge is 2.36. The maximum atomic E-state index is 12.3. The minimum absolute atomic E-state index is 0.458. The smallest absolute Gasteiger partial charge is 0.247 e. The molecule has 0 N–H and O–H groups in total. The molecular weight excluding hydrogens is 352 g/mol. The van der Waals surface area contributed by atoms with Crippen LogP contribution < -0.4 is 9.47 Å². The lowest BCUT2D eigenvalue weighted by molar-refractivity contribution is 0.329. The van der Waals surface area contributed by atoms with E-state index in [-0.39, 0.29) is 0 Å². The summed E-state index contributed by atoms with van der Waals surface area (Å²) < 4.78 is 36.7. The third-order valence-electron chi connectivity index (χ3n) is 4.39. The van der Waals surface area contributed by atoms with Crippen LogP contribution in [0.1, 0.15) is 29.2 Å². The number of rotatable bonds is 5. The lowest BCUT2D eigenvalue weighted by Gasteiger charge is -2.23. The molecule has 0 saturated carbocycles. The summed E-state index contributed by atoms with van der Waals surface area (Å²) in [7, 11) is -0.445. The molecule has 0 saturated heterocycles. The fraction of sp³-hybridized carbons (Fsp3) is 0.316. The molecule has 0 amide bonds. The van der Waals surface area contributed by atoms with Crippen LogP contribution in [0.3, 0.4) is 0 Å². The van der Waals surface area contributed by atoms with Crippen LogP contribution in [0.25, 0.3) is 0 Å². The van der Waals surface area contributed by atoms with E-state index < -0.39 is 16.1 Å². The van der Waals surface area contributed by atoms with Gasteiger partial charge in [0.25, 0.3) is 0 Å². The first-order chi connectivity index (χ1) is 12.3. The number of hydrazone groups is 1. The number of aryl methyl sites for hydroxylation is 1. The number of hydrogen-bond donors (Lipinski definition) is 0. The zero-order valence-electron chi connectivity index (χ0n) is 15.3. The molecule has 1 aliphatic rings. The van der Waals surface area contributed by atoms with Crippen molar-refractivity contribution in [1.82, 2.24) is 4.41 Å². The average Bonchev–Trinajstić information content (AvgIpc) is 3.07. The summed E-state index contributed by atoms with van der Waals surface area (Å²) in [5.41, 5.74) is 3.50. The number of nitrogens with zero attached hydrogens (tertiary/aromatic N) is 2. The van der Waals surface area contributed by atoms with Crippen molar-refractivity contribution in [2.75, 3.05) is 20.5 Å². The lowest BCUT2D eigenvalue weighted by atomic mass is 9.97. The second kappa shape index (κ2) is 6.99. The Hall–Kier alpha value is -2.54. The van der Waals surface area contributed by atoms with Crippen LogP contribution in [0.15, 0.2) is 47.6 Å². The minimum Gasteiger partial charge on any atom is -0.493 e. The summed E-state index contributed by atoms with van der Waals surface area (Å²) in [6, 6.07) is 12.9. The Morgan fingerprint density at radius 1 is 1.08 bits per heavy atom. The molecule has 0 spiro atoms. The van der Waals surface area contributed by atoms with E-state index in [0.29, 0.717) is 17.9 Å². The standard InChI is InChI=1S/C19H22N2O4S/c1-13-8-10-14(11-9-13)16-12-17(21(20-16)26(4,22)23)15-6-5-7-18(24-2)19(15)25-3/h5-11,17H,12H2,1-4H3/t17-/m0/s1. The molecule has 0 aliphatic carbocycles. The van der Waals surface area contributed by atoms with Gasteiger partial charge in [0.15, 0.2) is 11.5 Å². The molecule has 3 rings (SSSR count). The van der Waals surface area contributed by atoms with Gasteiger partial charge in [-0.05, 0) is 18.6 Å². The van der Waals surface area contributed by atoms with E-state index >= 15 is 0 Å². The fourth-order valence-corrected chi connectivity index (χ4v) is 4.02. The summed E-state index contributed by atoms with van der Waals surface area (Å²) in [6.07, 6.45) is 1.62. The lowest BCUT2D eigenvalue weighted by Crippen LogP contribution is -2.26. The Morgan fingerprint density at radius 3 is 2.35 bits per heavy atom. The summed E-state index contributed by atoms with van der Waals surface area (Å²) in [5.74, 6) is 1.08. The normalized spacial score (nSPS) is 17.2. The van der Waals surface area contributed by atoms with Crippen molar-refractivity contribution < 1.29 is 17.9 Å². The van der Waals surface area contributed by atoms with Gasteiger partial charge in [-0.2, -0.15) is 9.52 Å². The number of para-hydroxylation sites is 1. The molecular formula is C19H22N2O4S. The van der Waals surface area contributed by atoms with E-state index in [0.717, 1.165) is 28.7 Å². The van der Waals surface area contributed by atoms with Crippen molar-refractivity contribution in [3.63, 3.8) is 0 Å². The van der Waals surface area contributed by atoms with Gasteiger partial charge >= 0.3 is 0 Å². The molecule has 0 fully saturated rings. The molecule has 6 nitrogen and oxygen atoms in total. The number of methoxy groups -OCH3 is 2. The fourth-order valence-electron chi connectivity index (χ4n) is 3.12. The molecule has 1 heterocycles. The second-order valence-corrected chi connectivity index (χ2v) is 8.09. The number of sulfonamides is 1. The third-order valence-corrected chi connectivity index (χ3v) is 5.41. The highest BCUT2D eigenvalue weighted by Crippen LogP contribution is 2.42. The van der Waals surface area contributed by atoms with Crippen LogP contribution in [0.4, 0.5) is 0 Å². The Balaban J connectivity index is 2.07. The summed E-state index contributed by atoms with van der Waals surface area (Å²) in [6.45, 7) is 2.01. The highest BCUT2D eigenvalue weighted by atomic mass is 32.2. The summed E-state index contributed by atoms with van der Waals surface area (Å²) in [5, 5.41) is 4.41. The predicted octanol–water partition coefficient (Wildman–Crippen LogP) is 3.12. The third kappa shape index (κ3) is 3.39. The van der Waals surface area contributed by atoms with Gasteiger partial charge in [0.2, 0.25) is 10.0 Å². The first-order valence-electron chi connectivity index (χ1n) is 8.20. The molecule has 0 radical (unpaired) electrons. The molecule has 0 aromatic heterocycles. The van der Waals surface area contributed by atoms with Gasteiger partial charge in [-0.15, -0.1) is 0 Å². The van der Waals surface area contributed by atoms with Crippen molar-refractivity contribution >= 4 is 15.7 Å². The number of benzene rings is 2. The first kappa shape index (κ1) is 18.3. The van der Waals surface area contributed by atoms with Crippen LogP contribution >= 0.6 is 0 Å². The molecule has 0 bridgehead atoms. The average molecular weight is 374 g/mol. The Labute approximate surface area is 154 Å². The van der Waals surface area contributed by atoms with E-state index in [1.165, 1.54) is 4.41 Å². The molecule has 0 unspecified atom stereocenters. The second-order valence-electron chi connectivity index (χ2n) is 6.25. The summed E-state index contributed by atoms with van der Waals surface area (Å²) >= 11 is 0. The minimum atomic E-state index is -3.54. The largest absolute Gasteiger partial charge is 0.493 e. The zero-order chi connectivity index (χ0) is 18.9. The zero-order valence-corrected chi connectivity index (χ0v) is 16.1. The van der Waals surface area contributed by atoms with Gasteiger partial charge in [0, 0.05) is 12.0 Å². The van der Waals surface area contributed by atoms with Crippen LogP contribution in [-0.2, 0) is 10.0 Å². The molecule has 1 aliphatic heterocycles. The van der Waals surface area contributed by atoms with Crippen molar-refractivity contribution in [3.05, 3.63) is 59.2 Å². The SMILES string of the molecule is COc1cccc([C@@H]2CC(c3ccc(C)cc3)=NN2S(C)(=O)=O)c1OC. The monoisotopic (exact) mass is 374 g/mol. The topological polar surface area (TPSA) is 68.2 Å². The van der Waals surface area contributed by atoms with Gasteiger partial charge in [-0.25, -0.2) is 8.42 Å². The van der Waals surface area contributed by atoms with Gasteiger partial charge in [0.1, 0.15) is 0 Å². The molecule has 138 valence electrons. The van der Waals surface area contributed by atoms with Crippen molar-refractivity contribution in [1.29, 1.82) is 0 Å². The van der Waals surface area contributed by atoms with Crippen molar-refractivity contribution in [2.24, 2.45) is 5.10 Å². The number of ether oxygens (including phenoxy) is 2. The van der Waals surface area contributed by atoms with Crippen LogP contribution in [0.5, 0.6) is 11.5 Å². The van der Waals surface area contributed by atoms with E-state index in [2.05, 4.69) is 5.10 Å². The Bertz CT molecular complexity index is 937. The molecule has 1 atom stereocenters. The molecule has 7 heteroatoms. The van der Waals surface area contributed by atoms with E-state index in [4.69, 9.17) is 9.47 Å². The Kier molecular flexibility index (Phi) is 4.91. The predicted molar refractivity (Wildman–Crippen MR) is 101 cm³/mol.